The number of amides is 3. The lowest BCUT2D eigenvalue weighted by Gasteiger charge is -2.40. The summed E-state index contributed by atoms with van der Waals surface area (Å²) in [7, 11) is 0. The summed E-state index contributed by atoms with van der Waals surface area (Å²) in [4.78, 5) is 33.2. The van der Waals surface area contributed by atoms with Crippen molar-refractivity contribution in [3.63, 3.8) is 0 Å². The van der Waals surface area contributed by atoms with Crippen molar-refractivity contribution < 1.29 is 14.0 Å². The summed E-state index contributed by atoms with van der Waals surface area (Å²) in [6, 6.07) is 4.37. The van der Waals surface area contributed by atoms with Crippen molar-refractivity contribution in [3.05, 3.63) is 48.1 Å². The summed E-state index contributed by atoms with van der Waals surface area (Å²) in [6.07, 6.45) is 6.05. The van der Waals surface area contributed by atoms with Crippen molar-refractivity contribution in [2.75, 3.05) is 31.6 Å². The lowest BCUT2D eigenvalue weighted by Crippen LogP contribution is -2.56. The number of urea groups is 1. The Morgan fingerprint density at radius 2 is 2.26 bits per heavy atom. The molecule has 2 bridgehead atoms. The van der Waals surface area contributed by atoms with E-state index >= 15 is 0 Å². The molecule has 0 aromatic carbocycles. The zero-order valence-corrected chi connectivity index (χ0v) is 14.7. The maximum Gasteiger partial charge on any atom is 0.328 e. The fourth-order valence-electron chi connectivity index (χ4n) is 3.64. The predicted molar refractivity (Wildman–Crippen MR) is 97.1 cm³/mol. The van der Waals surface area contributed by atoms with Gasteiger partial charge in [-0.25, -0.2) is 14.2 Å². The molecule has 4 rings (SSSR count). The molecule has 3 N–H and O–H groups in total. The number of allylic oxidation sites excluding steroid dienone is 1. The molecule has 3 aliphatic rings. The maximum atomic E-state index is 13.0. The second kappa shape index (κ2) is 7.26. The molecule has 3 amide bonds. The van der Waals surface area contributed by atoms with Crippen LogP contribution in [0.3, 0.4) is 0 Å². The molecule has 1 aromatic heterocycles. The topological polar surface area (TPSA) is 89.6 Å². The van der Waals surface area contributed by atoms with Crippen molar-refractivity contribution in [1.29, 1.82) is 0 Å². The van der Waals surface area contributed by atoms with Crippen molar-refractivity contribution in [1.82, 2.24) is 25.4 Å². The standard InChI is InChI=1S/C18H21FN6O2/c19-7-9-21-17(26)13-4-5-14-16(22-13)25(12-6-10-24(14)11-12)18(27)23-15-3-1-2-8-20-15/h1-5,8,12-13,22H,6-7,9-11H2,(H,21,26)(H,20,23,27)/t12-,13?/m0/s1. The molecule has 0 saturated carbocycles. The molecule has 1 saturated heterocycles. The van der Waals surface area contributed by atoms with Crippen LogP contribution in [0.2, 0.25) is 0 Å². The Hall–Kier alpha value is -3.10. The third-order valence-corrected chi connectivity index (χ3v) is 4.89. The zero-order chi connectivity index (χ0) is 18.8. The van der Waals surface area contributed by atoms with Gasteiger partial charge in [0.2, 0.25) is 5.91 Å². The van der Waals surface area contributed by atoms with Crippen LogP contribution in [0.5, 0.6) is 0 Å². The van der Waals surface area contributed by atoms with Crippen molar-refractivity contribution in [2.45, 2.75) is 18.5 Å². The van der Waals surface area contributed by atoms with E-state index < -0.39 is 12.7 Å². The summed E-state index contributed by atoms with van der Waals surface area (Å²) in [6.45, 7) is 0.945. The number of nitrogens with one attached hydrogen (secondary N) is 3. The summed E-state index contributed by atoms with van der Waals surface area (Å²) >= 11 is 0. The van der Waals surface area contributed by atoms with Gasteiger partial charge in [0.05, 0.1) is 11.7 Å². The molecular weight excluding hydrogens is 351 g/mol. The highest BCUT2D eigenvalue weighted by molar-refractivity contribution is 5.91. The molecule has 0 aliphatic carbocycles. The van der Waals surface area contributed by atoms with Crippen LogP contribution in [0.1, 0.15) is 6.42 Å². The zero-order valence-electron chi connectivity index (χ0n) is 14.7. The SMILES string of the molecule is O=C(NCCF)C1C=CC2=C(N1)N(C(=O)Nc1ccccn1)[C@H]1CCN2C1. The normalized spacial score (nSPS) is 23.0. The van der Waals surface area contributed by atoms with Crippen LogP contribution in [0, 0.1) is 0 Å². The number of fused-ring (bicyclic) bond motifs is 3. The molecule has 1 fully saturated rings. The van der Waals surface area contributed by atoms with Gasteiger partial charge in [-0.3, -0.25) is 15.0 Å². The fraction of sp³-hybridized carbons (Fsp3) is 0.389. The lowest BCUT2D eigenvalue weighted by atomic mass is 10.1. The summed E-state index contributed by atoms with van der Waals surface area (Å²) in [5.41, 5.74) is 0.884. The van der Waals surface area contributed by atoms with E-state index in [0.717, 1.165) is 25.2 Å². The Labute approximate surface area is 156 Å². The smallest absolute Gasteiger partial charge is 0.328 e. The van der Waals surface area contributed by atoms with Gasteiger partial charge in [0.1, 0.15) is 24.4 Å². The number of alkyl halides is 1. The van der Waals surface area contributed by atoms with Crippen LogP contribution in [-0.2, 0) is 4.79 Å². The number of halogens is 1. The van der Waals surface area contributed by atoms with E-state index in [9.17, 15) is 14.0 Å². The van der Waals surface area contributed by atoms with E-state index in [0.29, 0.717) is 11.6 Å². The van der Waals surface area contributed by atoms with Gasteiger partial charge in [-0.2, -0.15) is 0 Å². The molecule has 8 nitrogen and oxygen atoms in total. The van der Waals surface area contributed by atoms with E-state index in [1.165, 1.54) is 0 Å². The second-order valence-electron chi connectivity index (χ2n) is 6.60. The molecule has 1 aromatic rings. The van der Waals surface area contributed by atoms with Gasteiger partial charge in [-0.1, -0.05) is 12.1 Å². The minimum atomic E-state index is -0.654. The van der Waals surface area contributed by atoms with Crippen LogP contribution in [-0.4, -0.2) is 65.1 Å². The van der Waals surface area contributed by atoms with Crippen LogP contribution in [0.15, 0.2) is 48.1 Å². The third kappa shape index (κ3) is 3.32. The molecular formula is C18H21FN6O2. The highest BCUT2D eigenvalue weighted by Crippen LogP contribution is 2.33. The monoisotopic (exact) mass is 372 g/mol. The van der Waals surface area contributed by atoms with E-state index in [4.69, 9.17) is 0 Å². The van der Waals surface area contributed by atoms with Crippen molar-refractivity contribution >= 4 is 17.8 Å². The summed E-state index contributed by atoms with van der Waals surface area (Å²) < 4.78 is 12.3. The Morgan fingerprint density at radius 3 is 3.04 bits per heavy atom. The Kier molecular flexibility index (Phi) is 4.66. The number of carbonyl (C=O) groups is 2. The van der Waals surface area contributed by atoms with Gasteiger partial charge in [0.25, 0.3) is 0 Å². The molecule has 1 unspecified atom stereocenters. The highest BCUT2D eigenvalue weighted by Gasteiger charge is 2.42. The number of carbonyl (C=O) groups excluding carboxylic acids is 2. The lowest BCUT2D eigenvalue weighted by molar-refractivity contribution is -0.122. The van der Waals surface area contributed by atoms with Gasteiger partial charge in [-0.15, -0.1) is 0 Å². The molecule has 27 heavy (non-hydrogen) atoms. The first-order valence-corrected chi connectivity index (χ1v) is 8.96. The number of hydrogen-bond acceptors (Lipinski definition) is 5. The van der Waals surface area contributed by atoms with Gasteiger partial charge < -0.3 is 15.5 Å². The predicted octanol–water partition coefficient (Wildman–Crippen LogP) is 0.786. The van der Waals surface area contributed by atoms with E-state index in [-0.39, 0.29) is 24.5 Å². The Bertz CT molecular complexity index is 796. The molecule has 9 heteroatoms. The molecule has 2 atom stereocenters. The van der Waals surface area contributed by atoms with Gasteiger partial charge >= 0.3 is 6.03 Å². The quantitative estimate of drug-likeness (QED) is 0.727. The molecule has 0 spiro atoms. The Balaban J connectivity index is 1.56. The number of rotatable bonds is 4. The third-order valence-electron chi connectivity index (χ3n) is 4.89. The molecule has 142 valence electrons. The first kappa shape index (κ1) is 17.3. The minimum Gasteiger partial charge on any atom is -0.366 e. The van der Waals surface area contributed by atoms with E-state index in [1.54, 1.807) is 35.4 Å². The minimum absolute atomic E-state index is 0.0148. The van der Waals surface area contributed by atoms with Crippen LogP contribution in [0.25, 0.3) is 0 Å². The second-order valence-corrected chi connectivity index (χ2v) is 6.60. The number of aromatic nitrogens is 1. The van der Waals surface area contributed by atoms with Crippen LogP contribution in [0.4, 0.5) is 15.0 Å². The number of hydrogen-bond donors (Lipinski definition) is 3. The van der Waals surface area contributed by atoms with Gasteiger partial charge in [-0.05, 0) is 24.6 Å². The molecule has 3 aliphatic heterocycles. The number of anilines is 1. The van der Waals surface area contributed by atoms with Crippen LogP contribution < -0.4 is 16.0 Å². The largest absolute Gasteiger partial charge is 0.366 e. The first-order chi connectivity index (χ1) is 13.2. The van der Waals surface area contributed by atoms with Crippen molar-refractivity contribution in [3.8, 4) is 0 Å². The maximum absolute atomic E-state index is 13.0. The summed E-state index contributed by atoms with van der Waals surface area (Å²) in [5, 5.41) is 8.48. The van der Waals surface area contributed by atoms with Crippen LogP contribution >= 0.6 is 0 Å². The van der Waals surface area contributed by atoms with E-state index in [2.05, 4.69) is 25.8 Å². The average molecular weight is 372 g/mol. The van der Waals surface area contributed by atoms with Gasteiger partial charge in [0, 0.05) is 25.8 Å². The van der Waals surface area contributed by atoms with Crippen molar-refractivity contribution in [2.24, 2.45) is 0 Å². The number of pyridine rings is 1. The van der Waals surface area contributed by atoms with Gasteiger partial charge in [0.15, 0.2) is 0 Å². The molecule has 4 heterocycles. The average Bonchev–Trinajstić information content (AvgIpc) is 3.11. The number of dihydropyridines is 1. The first-order valence-electron chi connectivity index (χ1n) is 8.96. The fourth-order valence-corrected chi connectivity index (χ4v) is 3.64. The Morgan fingerprint density at radius 1 is 1.37 bits per heavy atom. The molecule has 0 radical (unpaired) electrons. The summed E-state index contributed by atoms with van der Waals surface area (Å²) in [5.74, 6) is 0.738. The highest BCUT2D eigenvalue weighted by atomic mass is 19.1. The van der Waals surface area contributed by atoms with E-state index in [1.807, 2.05) is 6.08 Å². The number of nitrogens with zero attached hydrogens (tertiary/aromatic N) is 3.